The summed E-state index contributed by atoms with van der Waals surface area (Å²) in [5.41, 5.74) is 1.75. The SMILES string of the molecule is O=C(c1cc(Cl)c[nH]1)N1CCN(Cc2cccc(Cl)c2)CC1. The molecule has 1 N–H and O–H groups in total. The molecule has 1 fully saturated rings. The summed E-state index contributed by atoms with van der Waals surface area (Å²) in [6.07, 6.45) is 1.63. The molecule has 0 bridgehead atoms. The van der Waals surface area contributed by atoms with Crippen molar-refractivity contribution in [2.75, 3.05) is 26.2 Å². The van der Waals surface area contributed by atoms with Gasteiger partial charge in [0.2, 0.25) is 0 Å². The van der Waals surface area contributed by atoms with Crippen molar-refractivity contribution < 1.29 is 4.79 Å². The summed E-state index contributed by atoms with van der Waals surface area (Å²) in [5.74, 6) is 0.00862. The molecule has 1 saturated heterocycles. The molecular formula is C16H17Cl2N3O. The van der Waals surface area contributed by atoms with Crippen LogP contribution in [0.2, 0.25) is 10.0 Å². The fourth-order valence-corrected chi connectivity index (χ4v) is 3.04. The predicted molar refractivity (Wildman–Crippen MR) is 88.4 cm³/mol. The lowest BCUT2D eigenvalue weighted by Gasteiger charge is -2.34. The van der Waals surface area contributed by atoms with E-state index >= 15 is 0 Å². The van der Waals surface area contributed by atoms with Gasteiger partial charge < -0.3 is 9.88 Å². The second-order valence-corrected chi connectivity index (χ2v) is 6.30. The Bertz CT molecular complexity index is 663. The zero-order valence-corrected chi connectivity index (χ0v) is 13.6. The van der Waals surface area contributed by atoms with Crippen molar-refractivity contribution in [1.82, 2.24) is 14.8 Å². The van der Waals surface area contributed by atoms with Gasteiger partial charge >= 0.3 is 0 Å². The molecule has 0 saturated carbocycles. The van der Waals surface area contributed by atoms with Crippen molar-refractivity contribution in [3.05, 3.63) is 57.8 Å². The highest BCUT2D eigenvalue weighted by Crippen LogP contribution is 2.16. The van der Waals surface area contributed by atoms with Crippen LogP contribution in [0.5, 0.6) is 0 Å². The highest BCUT2D eigenvalue weighted by molar-refractivity contribution is 6.31. The van der Waals surface area contributed by atoms with E-state index in [4.69, 9.17) is 23.2 Å². The highest BCUT2D eigenvalue weighted by atomic mass is 35.5. The van der Waals surface area contributed by atoms with Crippen LogP contribution in [0.3, 0.4) is 0 Å². The number of piperazine rings is 1. The molecular weight excluding hydrogens is 321 g/mol. The van der Waals surface area contributed by atoms with Crippen molar-refractivity contribution in [1.29, 1.82) is 0 Å². The second kappa shape index (κ2) is 6.73. The number of halogens is 2. The van der Waals surface area contributed by atoms with E-state index in [1.54, 1.807) is 12.3 Å². The van der Waals surface area contributed by atoms with Gasteiger partial charge in [0.25, 0.3) is 5.91 Å². The number of carbonyl (C=O) groups excluding carboxylic acids is 1. The Kier molecular flexibility index (Phi) is 4.71. The molecule has 1 aliphatic rings. The third-order valence-corrected chi connectivity index (χ3v) is 4.29. The van der Waals surface area contributed by atoms with Crippen LogP contribution in [-0.2, 0) is 6.54 Å². The van der Waals surface area contributed by atoms with E-state index < -0.39 is 0 Å². The molecule has 1 amide bonds. The van der Waals surface area contributed by atoms with Gasteiger partial charge in [-0.15, -0.1) is 0 Å². The molecule has 1 aromatic heterocycles. The quantitative estimate of drug-likeness (QED) is 0.933. The van der Waals surface area contributed by atoms with Crippen LogP contribution in [0.25, 0.3) is 0 Å². The van der Waals surface area contributed by atoms with Crippen LogP contribution in [0.15, 0.2) is 36.5 Å². The first kappa shape index (κ1) is 15.4. The number of H-pyrrole nitrogens is 1. The minimum Gasteiger partial charge on any atom is -0.356 e. The fraction of sp³-hybridized carbons (Fsp3) is 0.312. The second-order valence-electron chi connectivity index (χ2n) is 5.43. The van der Waals surface area contributed by atoms with Gasteiger partial charge in [0.15, 0.2) is 0 Å². The van der Waals surface area contributed by atoms with E-state index in [0.29, 0.717) is 10.7 Å². The standard InChI is InChI=1S/C16H17Cl2N3O/c17-13-3-1-2-12(8-13)11-20-4-6-21(7-5-20)16(22)15-9-14(18)10-19-15/h1-3,8-10,19H,4-7,11H2. The number of hydrogen-bond donors (Lipinski definition) is 1. The Morgan fingerprint density at radius 1 is 1.09 bits per heavy atom. The lowest BCUT2D eigenvalue weighted by Crippen LogP contribution is -2.48. The van der Waals surface area contributed by atoms with Crippen LogP contribution in [0.1, 0.15) is 16.1 Å². The summed E-state index contributed by atoms with van der Waals surface area (Å²) in [4.78, 5) is 19.4. The van der Waals surface area contributed by atoms with Crippen LogP contribution in [0, 0.1) is 0 Å². The number of hydrogen-bond acceptors (Lipinski definition) is 2. The largest absolute Gasteiger partial charge is 0.356 e. The fourth-order valence-electron chi connectivity index (χ4n) is 2.66. The number of nitrogens with zero attached hydrogens (tertiary/aromatic N) is 2. The van der Waals surface area contributed by atoms with Crippen molar-refractivity contribution in [3.8, 4) is 0 Å². The normalized spacial score (nSPS) is 16.0. The van der Waals surface area contributed by atoms with Crippen molar-refractivity contribution in [3.63, 3.8) is 0 Å². The summed E-state index contributed by atoms with van der Waals surface area (Å²) in [6.45, 7) is 4.00. The first-order valence-corrected chi connectivity index (χ1v) is 7.97. The molecule has 6 heteroatoms. The van der Waals surface area contributed by atoms with Crippen molar-refractivity contribution >= 4 is 29.1 Å². The minimum atomic E-state index is 0.00862. The summed E-state index contributed by atoms with van der Waals surface area (Å²) in [5, 5.41) is 1.32. The van der Waals surface area contributed by atoms with E-state index in [-0.39, 0.29) is 5.91 Å². The molecule has 4 nitrogen and oxygen atoms in total. The zero-order chi connectivity index (χ0) is 15.5. The molecule has 22 heavy (non-hydrogen) atoms. The van der Waals surface area contributed by atoms with Crippen LogP contribution >= 0.6 is 23.2 Å². The number of aromatic amines is 1. The van der Waals surface area contributed by atoms with Gasteiger partial charge in [0, 0.05) is 43.9 Å². The van der Waals surface area contributed by atoms with Crippen LogP contribution in [0.4, 0.5) is 0 Å². The molecule has 0 aliphatic carbocycles. The van der Waals surface area contributed by atoms with E-state index in [1.807, 2.05) is 23.1 Å². The number of nitrogens with one attached hydrogen (secondary N) is 1. The van der Waals surface area contributed by atoms with E-state index in [9.17, 15) is 4.79 Å². The van der Waals surface area contributed by atoms with E-state index in [1.165, 1.54) is 5.56 Å². The van der Waals surface area contributed by atoms with E-state index in [0.717, 1.165) is 37.7 Å². The molecule has 2 heterocycles. The van der Waals surface area contributed by atoms with Gasteiger partial charge in [-0.1, -0.05) is 35.3 Å². The van der Waals surface area contributed by atoms with Gasteiger partial charge in [0.1, 0.15) is 5.69 Å². The lowest BCUT2D eigenvalue weighted by molar-refractivity contribution is 0.0623. The maximum absolute atomic E-state index is 12.3. The lowest BCUT2D eigenvalue weighted by atomic mass is 10.2. The monoisotopic (exact) mass is 337 g/mol. The number of carbonyl (C=O) groups is 1. The summed E-state index contributed by atoms with van der Waals surface area (Å²) in [6, 6.07) is 9.57. The molecule has 0 spiro atoms. The number of benzene rings is 1. The average Bonchev–Trinajstić information content (AvgIpc) is 2.94. The average molecular weight is 338 g/mol. The van der Waals surface area contributed by atoms with Gasteiger partial charge in [-0.2, -0.15) is 0 Å². The maximum atomic E-state index is 12.3. The molecule has 0 atom stereocenters. The van der Waals surface area contributed by atoms with Crippen molar-refractivity contribution in [2.24, 2.45) is 0 Å². The predicted octanol–water partition coefficient (Wildman–Crippen LogP) is 3.28. The van der Waals surface area contributed by atoms with Crippen LogP contribution < -0.4 is 0 Å². The maximum Gasteiger partial charge on any atom is 0.270 e. The molecule has 3 rings (SSSR count). The Labute approximate surface area is 139 Å². The van der Waals surface area contributed by atoms with Gasteiger partial charge in [0.05, 0.1) is 5.02 Å². The summed E-state index contributed by atoms with van der Waals surface area (Å²) >= 11 is 11.9. The Morgan fingerprint density at radius 3 is 2.50 bits per heavy atom. The smallest absolute Gasteiger partial charge is 0.270 e. The summed E-state index contributed by atoms with van der Waals surface area (Å²) < 4.78 is 0. The van der Waals surface area contributed by atoms with Gasteiger partial charge in [-0.25, -0.2) is 0 Å². The third-order valence-electron chi connectivity index (χ3n) is 3.83. The first-order valence-electron chi connectivity index (χ1n) is 7.22. The topological polar surface area (TPSA) is 39.3 Å². The minimum absolute atomic E-state index is 0.00862. The molecule has 0 radical (unpaired) electrons. The number of aromatic nitrogens is 1. The molecule has 1 aliphatic heterocycles. The molecule has 1 aromatic carbocycles. The molecule has 2 aromatic rings. The molecule has 0 unspecified atom stereocenters. The third kappa shape index (κ3) is 3.64. The zero-order valence-electron chi connectivity index (χ0n) is 12.1. The van der Waals surface area contributed by atoms with Crippen LogP contribution in [-0.4, -0.2) is 46.9 Å². The van der Waals surface area contributed by atoms with E-state index in [2.05, 4.69) is 16.0 Å². The number of amides is 1. The Hall–Kier alpha value is -1.49. The van der Waals surface area contributed by atoms with Gasteiger partial charge in [-0.05, 0) is 23.8 Å². The highest BCUT2D eigenvalue weighted by Gasteiger charge is 2.23. The van der Waals surface area contributed by atoms with Crippen molar-refractivity contribution in [2.45, 2.75) is 6.54 Å². The Morgan fingerprint density at radius 2 is 1.86 bits per heavy atom. The first-order chi connectivity index (χ1) is 10.6. The Balaban J connectivity index is 1.55. The molecule has 116 valence electrons. The number of rotatable bonds is 3. The summed E-state index contributed by atoms with van der Waals surface area (Å²) in [7, 11) is 0. The van der Waals surface area contributed by atoms with Gasteiger partial charge in [-0.3, -0.25) is 9.69 Å².